The number of fused-ring (bicyclic) bond motifs is 1. The van der Waals surface area contributed by atoms with E-state index in [1.807, 2.05) is 55.5 Å². The normalized spacial score (nSPS) is 19.0. The number of H-pyrrole nitrogens is 1. The summed E-state index contributed by atoms with van der Waals surface area (Å²) in [5, 5.41) is 2.98. The Morgan fingerprint density at radius 1 is 1.24 bits per heavy atom. The quantitative estimate of drug-likeness (QED) is 0.523. The first-order valence-electron chi connectivity index (χ1n) is 9.58. The number of para-hydroxylation sites is 2. The number of alkyl halides is 2. The molecule has 7 heteroatoms. The molecule has 0 bridgehead atoms. The van der Waals surface area contributed by atoms with E-state index >= 15 is 0 Å². The Morgan fingerprint density at radius 2 is 1.90 bits per heavy atom. The van der Waals surface area contributed by atoms with Crippen LogP contribution in [0.5, 0.6) is 5.75 Å². The number of nitrogens with one attached hydrogen (secondary N) is 2. The van der Waals surface area contributed by atoms with Gasteiger partial charge in [0.15, 0.2) is 5.60 Å². The van der Waals surface area contributed by atoms with E-state index in [1.54, 1.807) is 13.8 Å². The highest BCUT2D eigenvalue weighted by atomic mass is 35.5. The van der Waals surface area contributed by atoms with Crippen molar-refractivity contribution in [3.8, 4) is 5.75 Å². The Labute approximate surface area is 179 Å². The van der Waals surface area contributed by atoms with Gasteiger partial charge in [0.2, 0.25) is 0 Å². The largest absolute Gasteiger partial charge is 0.478 e. The van der Waals surface area contributed by atoms with Crippen LogP contribution in [0.4, 0.5) is 0 Å². The maximum absolute atomic E-state index is 12.8. The minimum atomic E-state index is -1.05. The van der Waals surface area contributed by atoms with Crippen molar-refractivity contribution in [3.05, 3.63) is 59.9 Å². The molecule has 2 N–H and O–H groups in total. The number of benzene rings is 2. The zero-order valence-corrected chi connectivity index (χ0v) is 18.0. The number of rotatable bonds is 6. The molecule has 1 saturated carbocycles. The third-order valence-corrected chi connectivity index (χ3v) is 6.03. The van der Waals surface area contributed by atoms with Crippen LogP contribution in [0.2, 0.25) is 0 Å². The van der Waals surface area contributed by atoms with Gasteiger partial charge in [-0.1, -0.05) is 24.3 Å². The van der Waals surface area contributed by atoms with Crippen LogP contribution in [0.3, 0.4) is 0 Å². The van der Waals surface area contributed by atoms with Crippen molar-refractivity contribution >= 4 is 40.1 Å². The smallest absolute Gasteiger partial charge is 0.264 e. The van der Waals surface area contributed by atoms with Gasteiger partial charge >= 0.3 is 0 Å². The van der Waals surface area contributed by atoms with Crippen molar-refractivity contribution in [1.29, 1.82) is 0 Å². The summed E-state index contributed by atoms with van der Waals surface area (Å²) in [6.45, 7) is 5.37. The standard InChI is InChI=1S/C22H23Cl2N3O2/c1-13(19-26-17-6-4-5-7-18(17)27-19)25-20(28)21(2,3)29-15-10-8-14(9-11-15)16-12-22(16,23)24/h4-11,13,16H,12H2,1-3H3,(H,25,28)(H,26,27)/t13-,16?/m0/s1. The molecule has 1 fully saturated rings. The number of carbonyl (C=O) groups is 1. The second kappa shape index (κ2) is 7.22. The van der Waals surface area contributed by atoms with Crippen molar-refractivity contribution in [3.63, 3.8) is 0 Å². The molecule has 2 aromatic carbocycles. The second-order valence-electron chi connectivity index (χ2n) is 8.03. The molecule has 1 amide bonds. The first-order chi connectivity index (χ1) is 13.7. The molecule has 1 aromatic heterocycles. The van der Waals surface area contributed by atoms with Crippen LogP contribution in [0.25, 0.3) is 11.0 Å². The number of aromatic amines is 1. The van der Waals surface area contributed by atoms with Crippen molar-refractivity contribution in [2.45, 2.75) is 49.1 Å². The number of ether oxygens (including phenoxy) is 1. The molecule has 0 saturated heterocycles. The fourth-order valence-corrected chi connectivity index (χ4v) is 3.86. The maximum atomic E-state index is 12.8. The number of aromatic nitrogens is 2. The summed E-state index contributed by atoms with van der Waals surface area (Å²) in [6.07, 6.45) is 0.754. The van der Waals surface area contributed by atoms with E-state index in [0.717, 1.165) is 23.0 Å². The van der Waals surface area contributed by atoms with Crippen LogP contribution in [0.1, 0.15) is 50.5 Å². The fraction of sp³-hybridized carbons (Fsp3) is 0.364. The van der Waals surface area contributed by atoms with E-state index in [9.17, 15) is 4.79 Å². The lowest BCUT2D eigenvalue weighted by atomic mass is 10.1. The minimum Gasteiger partial charge on any atom is -0.478 e. The van der Waals surface area contributed by atoms with Crippen LogP contribution in [0, 0.1) is 0 Å². The molecule has 29 heavy (non-hydrogen) atoms. The number of hydrogen-bond donors (Lipinski definition) is 2. The summed E-state index contributed by atoms with van der Waals surface area (Å²) < 4.78 is 5.30. The summed E-state index contributed by atoms with van der Waals surface area (Å²) in [6, 6.07) is 15.1. The number of nitrogens with zero attached hydrogens (tertiary/aromatic N) is 1. The summed E-state index contributed by atoms with van der Waals surface area (Å²) >= 11 is 12.3. The molecule has 4 rings (SSSR count). The fourth-order valence-electron chi connectivity index (χ4n) is 3.30. The van der Waals surface area contributed by atoms with Gasteiger partial charge in [-0.2, -0.15) is 0 Å². The summed E-state index contributed by atoms with van der Waals surface area (Å²) in [4.78, 5) is 20.6. The lowest BCUT2D eigenvalue weighted by Gasteiger charge is -2.27. The van der Waals surface area contributed by atoms with Gasteiger partial charge in [0.05, 0.1) is 17.1 Å². The molecule has 3 aromatic rings. The molecule has 152 valence electrons. The lowest BCUT2D eigenvalue weighted by molar-refractivity contribution is -0.135. The predicted molar refractivity (Wildman–Crippen MR) is 116 cm³/mol. The number of carbonyl (C=O) groups excluding carboxylic acids is 1. The second-order valence-corrected chi connectivity index (χ2v) is 9.58. The molecular weight excluding hydrogens is 409 g/mol. The zero-order chi connectivity index (χ0) is 20.8. The molecular formula is C22H23Cl2N3O2. The van der Waals surface area contributed by atoms with E-state index in [0.29, 0.717) is 11.6 Å². The van der Waals surface area contributed by atoms with Gasteiger partial charge in [-0.15, -0.1) is 23.2 Å². The molecule has 1 aliphatic rings. The van der Waals surface area contributed by atoms with E-state index in [4.69, 9.17) is 27.9 Å². The van der Waals surface area contributed by atoms with Gasteiger partial charge < -0.3 is 15.0 Å². The average Bonchev–Trinajstić information content (AvgIpc) is 3.11. The minimum absolute atomic E-state index is 0.154. The highest BCUT2D eigenvalue weighted by molar-refractivity contribution is 6.51. The van der Waals surface area contributed by atoms with Crippen LogP contribution < -0.4 is 10.1 Å². The van der Waals surface area contributed by atoms with Gasteiger partial charge in [0, 0.05) is 5.92 Å². The number of halogens is 2. The molecule has 5 nitrogen and oxygen atoms in total. The first-order valence-corrected chi connectivity index (χ1v) is 10.3. The number of imidazole rings is 1. The van der Waals surface area contributed by atoms with E-state index < -0.39 is 9.93 Å². The lowest BCUT2D eigenvalue weighted by Crippen LogP contribution is -2.47. The highest BCUT2D eigenvalue weighted by Crippen LogP contribution is 2.59. The average molecular weight is 432 g/mol. The maximum Gasteiger partial charge on any atom is 0.264 e. The summed E-state index contributed by atoms with van der Waals surface area (Å²) in [7, 11) is 0. The SMILES string of the molecule is C[C@H](NC(=O)C(C)(C)Oc1ccc(C2CC2(Cl)Cl)cc1)c1nc2ccccc2[nH]1. The Balaban J connectivity index is 1.40. The molecule has 2 atom stereocenters. The Hall–Kier alpha value is -2.24. The van der Waals surface area contributed by atoms with E-state index in [2.05, 4.69) is 15.3 Å². The van der Waals surface area contributed by atoms with E-state index in [-0.39, 0.29) is 17.9 Å². The Kier molecular flexibility index (Phi) is 4.99. The van der Waals surface area contributed by atoms with E-state index in [1.165, 1.54) is 0 Å². The van der Waals surface area contributed by atoms with Gasteiger partial charge in [0.25, 0.3) is 5.91 Å². The van der Waals surface area contributed by atoms with Gasteiger partial charge in [-0.05, 0) is 57.0 Å². The van der Waals surface area contributed by atoms with Gasteiger partial charge in [0.1, 0.15) is 15.9 Å². The topological polar surface area (TPSA) is 67.0 Å². The third kappa shape index (κ3) is 4.21. The van der Waals surface area contributed by atoms with Crippen molar-refractivity contribution < 1.29 is 9.53 Å². The van der Waals surface area contributed by atoms with Crippen LogP contribution in [-0.2, 0) is 4.79 Å². The number of hydrogen-bond acceptors (Lipinski definition) is 3. The van der Waals surface area contributed by atoms with Gasteiger partial charge in [-0.3, -0.25) is 4.79 Å². The Bertz CT molecular complexity index is 1010. The molecule has 0 aliphatic heterocycles. The van der Waals surface area contributed by atoms with Crippen molar-refractivity contribution in [1.82, 2.24) is 15.3 Å². The number of amides is 1. The third-order valence-electron chi connectivity index (χ3n) is 5.19. The van der Waals surface area contributed by atoms with Crippen LogP contribution in [0.15, 0.2) is 48.5 Å². The summed E-state index contributed by atoms with van der Waals surface area (Å²) in [5.74, 6) is 1.24. The summed E-state index contributed by atoms with van der Waals surface area (Å²) in [5.41, 5.74) is 1.83. The highest BCUT2D eigenvalue weighted by Gasteiger charge is 2.52. The van der Waals surface area contributed by atoms with Crippen LogP contribution in [-0.4, -0.2) is 25.8 Å². The van der Waals surface area contributed by atoms with Crippen LogP contribution >= 0.6 is 23.2 Å². The zero-order valence-electron chi connectivity index (χ0n) is 16.5. The molecule has 0 spiro atoms. The molecule has 1 unspecified atom stereocenters. The Morgan fingerprint density at radius 3 is 2.52 bits per heavy atom. The monoisotopic (exact) mass is 431 g/mol. The van der Waals surface area contributed by atoms with Crippen molar-refractivity contribution in [2.24, 2.45) is 0 Å². The molecule has 1 aliphatic carbocycles. The first kappa shape index (κ1) is 20.0. The molecule has 1 heterocycles. The van der Waals surface area contributed by atoms with Crippen molar-refractivity contribution in [2.75, 3.05) is 0 Å². The van der Waals surface area contributed by atoms with Gasteiger partial charge in [-0.25, -0.2) is 4.98 Å². The predicted octanol–water partition coefficient (Wildman–Crippen LogP) is 5.26. The molecule has 0 radical (unpaired) electrons.